The molecule has 55 heavy (non-hydrogen) atoms. The normalized spacial score (nSPS) is 13.2. The van der Waals surface area contributed by atoms with Crippen LogP contribution in [0.15, 0.2) is 174 Å². The van der Waals surface area contributed by atoms with E-state index in [1.54, 1.807) is 0 Å². The average Bonchev–Trinajstić information content (AvgIpc) is 3.26. The van der Waals surface area contributed by atoms with Crippen LogP contribution in [0.4, 0.5) is 0 Å². The molecule has 6 aromatic carbocycles. The van der Waals surface area contributed by atoms with Crippen LogP contribution in [0.5, 0.6) is 0 Å². The topological polar surface area (TPSA) is 37.6 Å². The Balaban J connectivity index is 0.00000111. The lowest BCUT2D eigenvalue weighted by atomic mass is 9.89. The summed E-state index contributed by atoms with van der Waals surface area (Å²) < 4.78 is 0. The van der Waals surface area contributed by atoms with Gasteiger partial charge in [-0.25, -0.2) is 4.99 Å². The second kappa shape index (κ2) is 17.8. The maximum atomic E-state index is 5.26. The maximum Gasteiger partial charge on any atom is 0.155 e. The van der Waals surface area contributed by atoms with Crippen molar-refractivity contribution in [1.82, 2.24) is 4.98 Å². The highest BCUT2D eigenvalue weighted by atomic mass is 14.9. The van der Waals surface area contributed by atoms with Gasteiger partial charge in [-0.1, -0.05) is 160 Å². The van der Waals surface area contributed by atoms with Gasteiger partial charge in [0.05, 0.1) is 6.04 Å². The number of nitrogens with zero attached hydrogens (tertiary/aromatic N) is 3. The quantitative estimate of drug-likeness (QED) is 0.114. The lowest BCUT2D eigenvalue weighted by Crippen LogP contribution is -2.06. The van der Waals surface area contributed by atoms with Crippen LogP contribution in [0.3, 0.4) is 0 Å². The molecule has 0 fully saturated rings. The molecule has 0 aliphatic heterocycles. The predicted molar refractivity (Wildman–Crippen MR) is 236 cm³/mol. The Morgan fingerprint density at radius 2 is 1.25 bits per heavy atom. The fraction of sp³-hybridized carbons (Fsp3) is 0.173. The second-order valence-corrected chi connectivity index (χ2v) is 14.2. The number of amidine groups is 1. The van der Waals surface area contributed by atoms with E-state index in [1.165, 1.54) is 45.9 Å². The van der Waals surface area contributed by atoms with Gasteiger partial charge >= 0.3 is 0 Å². The van der Waals surface area contributed by atoms with Crippen molar-refractivity contribution in [2.45, 2.75) is 59.4 Å². The van der Waals surface area contributed by atoms with Crippen molar-refractivity contribution in [3.63, 3.8) is 0 Å². The number of unbranched alkanes of at least 4 members (excludes halogenated alkanes) is 1. The number of hydrogen-bond acceptors (Lipinski definition) is 2. The Morgan fingerprint density at radius 1 is 0.618 bits per heavy atom. The Bertz CT molecular complexity index is 2450. The van der Waals surface area contributed by atoms with Crippen LogP contribution in [-0.4, -0.2) is 16.5 Å². The van der Waals surface area contributed by atoms with Crippen molar-refractivity contribution in [1.29, 1.82) is 0 Å². The SMILES string of the molecule is CC(=NC(=NC(C)c1ccccc1)c1ccccc1)c1cc(-c2ccc(-c3ccc4ccccc4c3)cc2)cc(-c2cncc3c2C=CCC3)c1.CCCC. The average molecular weight is 716 g/mol. The van der Waals surface area contributed by atoms with Crippen LogP contribution in [-0.2, 0) is 6.42 Å². The lowest BCUT2D eigenvalue weighted by molar-refractivity contribution is 0.818. The minimum absolute atomic E-state index is 0.0466. The van der Waals surface area contributed by atoms with Crippen molar-refractivity contribution in [2.24, 2.45) is 9.98 Å². The molecular formula is C52H49N3. The summed E-state index contributed by atoms with van der Waals surface area (Å²) in [5, 5.41) is 2.50. The minimum atomic E-state index is -0.0466. The molecule has 8 rings (SSSR count). The number of hydrogen-bond donors (Lipinski definition) is 0. The fourth-order valence-electron chi connectivity index (χ4n) is 6.93. The first kappa shape index (κ1) is 37.1. The van der Waals surface area contributed by atoms with Crippen molar-refractivity contribution in [2.75, 3.05) is 0 Å². The Hall–Kier alpha value is -6.19. The number of fused-ring (bicyclic) bond motifs is 2. The third-order valence-electron chi connectivity index (χ3n) is 10.3. The smallest absolute Gasteiger partial charge is 0.155 e. The van der Waals surface area contributed by atoms with Crippen molar-refractivity contribution < 1.29 is 0 Å². The first-order valence-corrected chi connectivity index (χ1v) is 19.6. The molecule has 0 saturated carbocycles. The summed E-state index contributed by atoms with van der Waals surface area (Å²) in [5.41, 5.74) is 13.6. The lowest BCUT2D eigenvalue weighted by Gasteiger charge is -2.17. The van der Waals surface area contributed by atoms with Gasteiger partial charge in [0.2, 0.25) is 0 Å². The van der Waals surface area contributed by atoms with Crippen LogP contribution < -0.4 is 0 Å². The van der Waals surface area contributed by atoms with Crippen LogP contribution in [0.2, 0.25) is 0 Å². The van der Waals surface area contributed by atoms with Gasteiger partial charge in [-0.15, -0.1) is 0 Å². The van der Waals surface area contributed by atoms with E-state index in [4.69, 9.17) is 9.98 Å². The van der Waals surface area contributed by atoms with Gasteiger partial charge in [-0.3, -0.25) is 9.98 Å². The monoisotopic (exact) mass is 715 g/mol. The molecular weight excluding hydrogens is 667 g/mol. The summed E-state index contributed by atoms with van der Waals surface area (Å²) >= 11 is 0. The van der Waals surface area contributed by atoms with Crippen LogP contribution >= 0.6 is 0 Å². The molecule has 1 aliphatic rings. The van der Waals surface area contributed by atoms with E-state index in [1.807, 2.05) is 36.7 Å². The summed E-state index contributed by atoms with van der Waals surface area (Å²) in [6.07, 6.45) is 13.2. The number of pyridine rings is 1. The molecule has 1 aromatic heterocycles. The number of rotatable bonds is 8. The molecule has 0 bridgehead atoms. The number of aryl methyl sites for hydroxylation is 1. The highest BCUT2D eigenvalue weighted by Crippen LogP contribution is 2.35. The largest absolute Gasteiger partial charge is 0.264 e. The Morgan fingerprint density at radius 3 is 1.98 bits per heavy atom. The standard InChI is InChI=1S/C48H39N3.C4H10/c1-33(35-13-5-3-6-14-35)50-48(39-16-7-4-8-17-39)51-34(2)43-28-44(30-45(29-43)47-32-49-31-42-19-11-12-20-46(42)47)38-23-21-37(22-24-38)41-26-25-36-15-9-10-18-40(36)27-41;1-3-4-2/h3-10,12-18,20-33H,11,19H2,1-2H3;3-4H2,1-2H3. The molecule has 1 unspecified atom stereocenters. The summed E-state index contributed by atoms with van der Waals surface area (Å²) in [6.45, 7) is 8.58. The van der Waals surface area contributed by atoms with E-state index < -0.39 is 0 Å². The van der Waals surface area contributed by atoms with Crippen LogP contribution in [0.25, 0.3) is 50.2 Å². The molecule has 1 atom stereocenters. The van der Waals surface area contributed by atoms with Gasteiger partial charge in [0.25, 0.3) is 0 Å². The van der Waals surface area contributed by atoms with Gasteiger partial charge < -0.3 is 0 Å². The van der Waals surface area contributed by atoms with Gasteiger partial charge in [0, 0.05) is 29.2 Å². The van der Waals surface area contributed by atoms with Crippen molar-refractivity contribution in [3.05, 3.63) is 192 Å². The zero-order valence-corrected chi connectivity index (χ0v) is 32.4. The highest BCUT2D eigenvalue weighted by Gasteiger charge is 2.16. The molecule has 1 aliphatic carbocycles. The van der Waals surface area contributed by atoms with Gasteiger partial charge in [0.1, 0.15) is 0 Å². The number of aromatic nitrogens is 1. The summed E-state index contributed by atoms with van der Waals surface area (Å²) in [5.74, 6) is 0.720. The number of benzene rings is 6. The van der Waals surface area contributed by atoms with E-state index in [0.29, 0.717) is 0 Å². The maximum absolute atomic E-state index is 5.26. The van der Waals surface area contributed by atoms with Gasteiger partial charge in [0.15, 0.2) is 5.84 Å². The van der Waals surface area contributed by atoms with E-state index in [9.17, 15) is 0 Å². The summed E-state index contributed by atoms with van der Waals surface area (Å²) in [7, 11) is 0. The summed E-state index contributed by atoms with van der Waals surface area (Å²) in [4.78, 5) is 15.1. The number of aliphatic imine (C=N–C) groups is 2. The molecule has 3 nitrogen and oxygen atoms in total. The van der Waals surface area contributed by atoms with Gasteiger partial charge in [-0.2, -0.15) is 0 Å². The molecule has 0 amide bonds. The van der Waals surface area contributed by atoms with E-state index in [2.05, 4.69) is 166 Å². The van der Waals surface area contributed by atoms with Crippen LogP contribution in [0.1, 0.15) is 80.8 Å². The van der Waals surface area contributed by atoms with Crippen LogP contribution in [0, 0.1) is 0 Å². The third kappa shape index (κ3) is 8.96. The molecule has 0 N–H and O–H groups in total. The van der Waals surface area contributed by atoms with E-state index in [-0.39, 0.29) is 6.04 Å². The number of allylic oxidation sites excluding steroid dienone is 1. The molecule has 0 saturated heterocycles. The third-order valence-corrected chi connectivity index (χ3v) is 10.3. The molecule has 7 aromatic rings. The van der Waals surface area contributed by atoms with Gasteiger partial charge in [-0.05, 0) is 112 Å². The fourth-order valence-corrected chi connectivity index (χ4v) is 6.93. The second-order valence-electron chi connectivity index (χ2n) is 14.2. The molecule has 0 spiro atoms. The van der Waals surface area contributed by atoms with Crippen molar-refractivity contribution >= 4 is 28.4 Å². The highest BCUT2D eigenvalue weighted by molar-refractivity contribution is 6.12. The van der Waals surface area contributed by atoms with Crippen molar-refractivity contribution in [3.8, 4) is 33.4 Å². The Kier molecular flexibility index (Phi) is 12.0. The molecule has 272 valence electrons. The first-order chi connectivity index (χ1) is 27.0. The molecule has 3 heteroatoms. The molecule has 0 radical (unpaired) electrons. The van der Waals surface area contributed by atoms with E-state index in [0.717, 1.165) is 63.3 Å². The minimum Gasteiger partial charge on any atom is -0.264 e. The van der Waals surface area contributed by atoms with E-state index >= 15 is 0 Å². The summed E-state index contributed by atoms with van der Waals surface area (Å²) in [6, 6.07) is 51.6. The predicted octanol–water partition coefficient (Wildman–Crippen LogP) is 14.0. The first-order valence-electron chi connectivity index (χ1n) is 19.6. The molecule has 1 heterocycles. The zero-order chi connectivity index (χ0) is 38.0. The Labute approximate surface area is 326 Å². The zero-order valence-electron chi connectivity index (χ0n) is 32.4.